The maximum atomic E-state index is 7.38. The fourth-order valence-electron chi connectivity index (χ4n) is 17.1. The molecule has 3 heterocycles. The van der Waals surface area contributed by atoms with E-state index < -0.39 is 0 Å². The molecule has 446 valence electrons. The van der Waals surface area contributed by atoms with Gasteiger partial charge in [0.1, 0.15) is 5.82 Å². The first-order valence-corrected chi connectivity index (χ1v) is 32.3. The largest absolute Gasteiger partial charge is 0.509 e. The Balaban J connectivity index is 0.00000648. The number of hydrogen-bond donors (Lipinski definition) is 0. The number of ether oxygens (including phenoxy) is 1. The van der Waals surface area contributed by atoms with Gasteiger partial charge in [0.25, 0.3) is 0 Å². The number of rotatable bonds is 12. The van der Waals surface area contributed by atoms with Crippen molar-refractivity contribution in [2.75, 3.05) is 9.80 Å². The van der Waals surface area contributed by atoms with Crippen LogP contribution >= 0.6 is 0 Å². The summed E-state index contributed by atoms with van der Waals surface area (Å²) in [7, 11) is 0. The Morgan fingerprint density at radius 1 is 0.424 bits per heavy atom. The second-order valence-corrected chi connectivity index (χ2v) is 25.5. The maximum Gasteiger partial charge on any atom is 0.135 e. The van der Waals surface area contributed by atoms with E-state index in [-0.39, 0.29) is 26.5 Å². The molecule has 5 nitrogen and oxygen atoms in total. The van der Waals surface area contributed by atoms with Crippen LogP contribution in [0, 0.1) is 42.5 Å². The molecule has 6 heteroatoms. The summed E-state index contributed by atoms with van der Waals surface area (Å²) < 4.78 is 9.72. The van der Waals surface area contributed by atoms with Gasteiger partial charge < -0.3 is 19.1 Å². The van der Waals surface area contributed by atoms with Crippen LogP contribution in [-0.4, -0.2) is 9.55 Å². The van der Waals surface area contributed by atoms with Crippen LogP contribution in [0.15, 0.2) is 291 Å². The topological polar surface area (TPSA) is 33.5 Å². The van der Waals surface area contributed by atoms with Gasteiger partial charge in [-0.2, -0.15) is 6.07 Å². The molecule has 0 amide bonds. The summed E-state index contributed by atoms with van der Waals surface area (Å²) in [5, 5.41) is 4.92. The quantitative estimate of drug-likeness (QED) is 0.114. The zero-order valence-corrected chi connectivity index (χ0v) is 52.9. The van der Waals surface area contributed by atoms with Gasteiger partial charge in [-0.25, -0.2) is 4.98 Å². The van der Waals surface area contributed by atoms with Crippen molar-refractivity contribution in [3.8, 4) is 73.0 Å². The summed E-state index contributed by atoms with van der Waals surface area (Å²) >= 11 is 0. The van der Waals surface area contributed by atoms with E-state index in [1.165, 1.54) is 54.0 Å². The third-order valence-corrected chi connectivity index (χ3v) is 20.6. The summed E-state index contributed by atoms with van der Waals surface area (Å²) in [6, 6.07) is 111. The summed E-state index contributed by atoms with van der Waals surface area (Å²) in [6.45, 7) is 2.24. The smallest absolute Gasteiger partial charge is 0.135 e. The number of pyridine rings is 1. The number of hydrogen-bond acceptors (Lipinski definition) is 4. The Morgan fingerprint density at radius 3 is 1.60 bits per heavy atom. The van der Waals surface area contributed by atoms with Crippen molar-refractivity contribution in [2.45, 2.75) is 37.5 Å². The average molecular weight is 1360 g/mol. The molecule has 0 spiro atoms. The Hall–Kier alpha value is -10.1. The van der Waals surface area contributed by atoms with Crippen molar-refractivity contribution in [1.82, 2.24) is 9.55 Å². The van der Waals surface area contributed by atoms with E-state index in [0.717, 1.165) is 118 Å². The third kappa shape index (κ3) is 9.26. The fraction of sp³-hybridized carbons (Fsp3) is 0.116. The first kappa shape index (κ1) is 56.0. The molecule has 4 aliphatic carbocycles. The second kappa shape index (κ2) is 23.0. The van der Waals surface area contributed by atoms with Gasteiger partial charge in [-0.05, 0) is 152 Å². The van der Waals surface area contributed by atoms with Crippen molar-refractivity contribution < 1.29 is 25.8 Å². The molecule has 0 saturated heterocycles. The summed E-state index contributed by atoms with van der Waals surface area (Å²) in [5.74, 6) is 4.77. The van der Waals surface area contributed by atoms with Crippen LogP contribution in [0.4, 0.5) is 22.7 Å². The minimum absolute atomic E-state index is 0. The fourth-order valence-corrected chi connectivity index (χ4v) is 17.1. The second-order valence-electron chi connectivity index (χ2n) is 25.5. The van der Waals surface area contributed by atoms with Crippen LogP contribution in [0.3, 0.4) is 0 Å². The monoisotopic (exact) mass is 1360 g/mol. The van der Waals surface area contributed by atoms with Gasteiger partial charge in [0.2, 0.25) is 0 Å². The molecule has 14 aromatic rings. The SMILES string of the molecule is [Pt].[c-]1c(Oc2[c-]c3c(cc2)c2ccccc2n3-c2cc(C3(c4cccc5ccccc45)C4CC5CC(C4)CC3C5)ccn2)cc(-c2c(-c3ccccc3)cccc2-c2ccccc2)cc1N1[CH-]N(c2c(-c3ccccc3)cccc2-c2ccccc2)c2ccccc21. The van der Waals surface area contributed by atoms with Crippen LogP contribution in [0.5, 0.6) is 11.5 Å². The van der Waals surface area contributed by atoms with Crippen molar-refractivity contribution in [3.05, 3.63) is 321 Å². The van der Waals surface area contributed by atoms with E-state index in [0.29, 0.717) is 23.3 Å². The summed E-state index contributed by atoms with van der Waals surface area (Å²) in [5.41, 5.74) is 19.8. The van der Waals surface area contributed by atoms with E-state index in [1.807, 2.05) is 0 Å². The summed E-state index contributed by atoms with van der Waals surface area (Å²) in [4.78, 5) is 9.99. The van der Waals surface area contributed by atoms with Crippen LogP contribution in [0.25, 0.3) is 94.0 Å². The molecule has 0 atom stereocenters. The van der Waals surface area contributed by atoms with Gasteiger partial charge in [0.05, 0.1) is 0 Å². The van der Waals surface area contributed by atoms with E-state index in [2.05, 4.69) is 324 Å². The van der Waals surface area contributed by atoms with Crippen LogP contribution in [-0.2, 0) is 26.5 Å². The number of aromatic nitrogens is 2. The minimum Gasteiger partial charge on any atom is -0.509 e. The molecular formula is C86H63N4OPt-3. The molecular weight excluding hydrogens is 1300 g/mol. The van der Waals surface area contributed by atoms with E-state index >= 15 is 0 Å². The number of para-hydroxylation sites is 4. The van der Waals surface area contributed by atoms with Crippen molar-refractivity contribution in [2.24, 2.45) is 23.7 Å². The first-order valence-electron chi connectivity index (χ1n) is 32.3. The number of nitrogens with zero attached hydrogens (tertiary/aromatic N) is 4. The van der Waals surface area contributed by atoms with Gasteiger partial charge in [-0.1, -0.05) is 236 Å². The van der Waals surface area contributed by atoms with Gasteiger partial charge >= 0.3 is 0 Å². The Kier molecular flexibility index (Phi) is 14.0. The molecule has 19 rings (SSSR count). The maximum absolute atomic E-state index is 7.38. The molecule has 0 N–H and O–H groups in total. The Labute approximate surface area is 552 Å². The van der Waals surface area contributed by atoms with Crippen molar-refractivity contribution in [1.29, 1.82) is 0 Å². The van der Waals surface area contributed by atoms with Crippen molar-refractivity contribution in [3.63, 3.8) is 0 Å². The molecule has 4 fully saturated rings. The molecule has 1 aliphatic heterocycles. The number of anilines is 4. The molecule has 4 bridgehead atoms. The molecule has 5 aliphatic rings. The Morgan fingerprint density at radius 2 is 0.957 bits per heavy atom. The van der Waals surface area contributed by atoms with Crippen LogP contribution < -0.4 is 14.5 Å². The number of benzene rings is 12. The number of fused-ring (bicyclic) bond motifs is 5. The van der Waals surface area contributed by atoms with Gasteiger partial charge in [-0.3, -0.25) is 0 Å². The zero-order chi connectivity index (χ0) is 60.0. The van der Waals surface area contributed by atoms with E-state index in [9.17, 15) is 0 Å². The third-order valence-electron chi connectivity index (χ3n) is 20.6. The van der Waals surface area contributed by atoms with Crippen LogP contribution in [0.1, 0.15) is 43.2 Å². The predicted molar refractivity (Wildman–Crippen MR) is 373 cm³/mol. The molecule has 12 aromatic carbocycles. The van der Waals surface area contributed by atoms with E-state index in [1.54, 1.807) is 0 Å². The normalized spacial score (nSPS) is 18.7. The predicted octanol–water partition coefficient (Wildman–Crippen LogP) is 22.2. The zero-order valence-electron chi connectivity index (χ0n) is 50.6. The Bertz CT molecular complexity index is 4950. The van der Waals surface area contributed by atoms with Gasteiger partial charge in [-0.15, -0.1) is 53.6 Å². The minimum atomic E-state index is -0.138. The molecule has 2 aromatic heterocycles. The van der Waals surface area contributed by atoms with Gasteiger partial charge in [0, 0.05) is 77.9 Å². The standard InChI is InChI=1S/C86H63N4O.Pt/c1-5-22-60(23-6-1)72-34-20-35-73(61-24-7-2-8-25-61)84(72)64-51-68(88-56-89(81-41-18-17-40-80(81)88)85-74(62-26-9-3-10-27-62)36-21-37-75(85)63-28-11-4-12-29-63)54-70(52-64)91-69-42-43-77-76-33-15-16-39-79(76)90(82(77)55-69)83-53-65(44-45-87-83)86(66-47-57-46-58(49-66)50-67(86)48-57)78-38-19-31-59-30-13-14-32-71(59)78;/h1-45,51-53,56-58,66-67H,46-50H2;/q-3;. The average Bonchev–Trinajstić information content (AvgIpc) is 0.831. The molecule has 92 heavy (non-hydrogen) atoms. The van der Waals surface area contributed by atoms with Gasteiger partial charge in [0.15, 0.2) is 0 Å². The molecule has 0 radical (unpaired) electrons. The summed E-state index contributed by atoms with van der Waals surface area (Å²) in [6.07, 6.45) is 8.59. The van der Waals surface area contributed by atoms with Crippen molar-refractivity contribution >= 4 is 55.3 Å². The molecule has 0 unspecified atom stereocenters. The van der Waals surface area contributed by atoms with Crippen LogP contribution in [0.2, 0.25) is 0 Å². The first-order chi connectivity index (χ1) is 45.1. The molecule has 4 saturated carbocycles. The van der Waals surface area contributed by atoms with E-state index in [4.69, 9.17) is 9.72 Å².